The molecular formula is C19H25Cl2N5O3. The molecular weight excluding hydrogens is 417 g/mol. The lowest BCUT2D eigenvalue weighted by Crippen LogP contribution is -2.26. The number of rotatable bonds is 7. The molecule has 3 rings (SSSR count). The number of hydrogen-bond acceptors (Lipinski definition) is 7. The molecule has 1 aromatic heterocycles. The SMILES string of the molecule is COc1cccc(CN2CC[C@@H](Nc3cnc(C=CC(=O)NO)cn3)C2)c1.Cl.Cl. The lowest BCUT2D eigenvalue weighted by atomic mass is 10.2. The number of hydroxylamine groups is 1. The number of ether oxygens (including phenoxy) is 1. The van der Waals surface area contributed by atoms with E-state index in [-0.39, 0.29) is 24.8 Å². The molecule has 3 N–H and O–H groups in total. The molecule has 0 spiro atoms. The van der Waals surface area contributed by atoms with Crippen LogP contribution in [-0.2, 0) is 11.3 Å². The summed E-state index contributed by atoms with van der Waals surface area (Å²) < 4.78 is 5.28. The van der Waals surface area contributed by atoms with Gasteiger partial charge >= 0.3 is 0 Å². The first-order valence-electron chi connectivity index (χ1n) is 8.72. The first kappa shape index (κ1) is 24.6. The largest absolute Gasteiger partial charge is 0.497 e. The van der Waals surface area contributed by atoms with Crippen molar-refractivity contribution < 1.29 is 14.7 Å². The molecule has 1 aliphatic rings. The van der Waals surface area contributed by atoms with Gasteiger partial charge in [0.25, 0.3) is 5.91 Å². The van der Waals surface area contributed by atoms with Crippen molar-refractivity contribution in [1.29, 1.82) is 0 Å². The zero-order chi connectivity index (χ0) is 19.1. The number of nitrogens with zero attached hydrogens (tertiary/aromatic N) is 3. The molecule has 0 saturated carbocycles. The maximum Gasteiger partial charge on any atom is 0.267 e. The van der Waals surface area contributed by atoms with Crippen LogP contribution in [0.1, 0.15) is 17.7 Å². The molecule has 0 unspecified atom stereocenters. The monoisotopic (exact) mass is 441 g/mol. The highest BCUT2D eigenvalue weighted by Crippen LogP contribution is 2.19. The Labute approximate surface area is 182 Å². The van der Waals surface area contributed by atoms with Crippen molar-refractivity contribution in [1.82, 2.24) is 20.3 Å². The number of carbonyl (C=O) groups is 1. The Morgan fingerprint density at radius 1 is 1.34 bits per heavy atom. The molecule has 2 aromatic rings. The van der Waals surface area contributed by atoms with Crippen molar-refractivity contribution in [3.05, 3.63) is 54.0 Å². The van der Waals surface area contributed by atoms with E-state index in [2.05, 4.69) is 32.3 Å². The predicted octanol–water partition coefficient (Wildman–Crippen LogP) is 2.53. The van der Waals surface area contributed by atoms with E-state index in [1.807, 2.05) is 12.1 Å². The van der Waals surface area contributed by atoms with Crippen LogP contribution in [0.2, 0.25) is 0 Å². The topological polar surface area (TPSA) is 99.6 Å². The minimum absolute atomic E-state index is 0. The molecule has 158 valence electrons. The fraction of sp³-hybridized carbons (Fsp3) is 0.316. The molecule has 0 aliphatic carbocycles. The summed E-state index contributed by atoms with van der Waals surface area (Å²) in [4.78, 5) is 21.9. The van der Waals surface area contributed by atoms with E-state index in [4.69, 9.17) is 9.94 Å². The molecule has 1 saturated heterocycles. The second-order valence-corrected chi connectivity index (χ2v) is 6.35. The Hall–Kier alpha value is -2.39. The Morgan fingerprint density at radius 3 is 2.86 bits per heavy atom. The van der Waals surface area contributed by atoms with Crippen molar-refractivity contribution in [3.63, 3.8) is 0 Å². The van der Waals surface area contributed by atoms with Gasteiger partial charge in [0.1, 0.15) is 11.6 Å². The Bertz CT molecular complexity index is 805. The van der Waals surface area contributed by atoms with Crippen LogP contribution in [0.25, 0.3) is 6.08 Å². The lowest BCUT2D eigenvalue weighted by molar-refractivity contribution is -0.124. The van der Waals surface area contributed by atoms with Crippen molar-refractivity contribution >= 4 is 42.6 Å². The fourth-order valence-corrected chi connectivity index (χ4v) is 3.03. The van der Waals surface area contributed by atoms with Crippen LogP contribution < -0.4 is 15.5 Å². The Morgan fingerprint density at radius 2 is 2.17 bits per heavy atom. The van der Waals surface area contributed by atoms with E-state index in [9.17, 15) is 4.79 Å². The summed E-state index contributed by atoms with van der Waals surface area (Å²) in [5, 5.41) is 11.8. The number of hydrogen-bond donors (Lipinski definition) is 3. The molecule has 1 atom stereocenters. The summed E-state index contributed by atoms with van der Waals surface area (Å²) in [6, 6.07) is 8.45. The summed E-state index contributed by atoms with van der Waals surface area (Å²) in [6.07, 6.45) is 6.91. The number of aromatic nitrogens is 2. The number of nitrogens with one attached hydrogen (secondary N) is 2. The van der Waals surface area contributed by atoms with Gasteiger partial charge in [-0.15, -0.1) is 24.8 Å². The van der Waals surface area contributed by atoms with Gasteiger partial charge in [-0.3, -0.25) is 19.9 Å². The van der Waals surface area contributed by atoms with Crippen LogP contribution in [-0.4, -0.2) is 52.2 Å². The van der Waals surface area contributed by atoms with Crippen molar-refractivity contribution in [2.75, 3.05) is 25.5 Å². The molecule has 1 amide bonds. The minimum atomic E-state index is -0.610. The maximum atomic E-state index is 11.0. The molecule has 1 fully saturated rings. The number of amides is 1. The van der Waals surface area contributed by atoms with E-state index in [1.165, 1.54) is 23.2 Å². The second-order valence-electron chi connectivity index (χ2n) is 6.35. The third-order valence-corrected chi connectivity index (χ3v) is 4.35. The number of halogens is 2. The van der Waals surface area contributed by atoms with Gasteiger partial charge in [-0.2, -0.15) is 0 Å². The standard InChI is InChI=1S/C19H23N5O3.2ClH/c1-27-17-4-2-3-14(9-17)12-24-8-7-16(13-24)22-18-11-20-15(10-21-18)5-6-19(25)23-26;;/h2-6,9-11,16,26H,7-8,12-13H2,1H3,(H,21,22)(H,23,25);2*1H/t16-;;/m1../s1. The average molecular weight is 442 g/mol. The Balaban J connectivity index is 0.00000210. The van der Waals surface area contributed by atoms with E-state index in [0.29, 0.717) is 17.6 Å². The normalized spacial score (nSPS) is 16.0. The molecule has 29 heavy (non-hydrogen) atoms. The van der Waals surface area contributed by atoms with Crippen molar-refractivity contribution in [3.8, 4) is 5.75 Å². The van der Waals surface area contributed by atoms with Gasteiger partial charge in [0, 0.05) is 31.8 Å². The summed E-state index contributed by atoms with van der Waals surface area (Å²) >= 11 is 0. The first-order chi connectivity index (χ1) is 13.2. The smallest absolute Gasteiger partial charge is 0.267 e. The third kappa shape index (κ3) is 7.51. The zero-order valence-corrected chi connectivity index (χ0v) is 17.6. The maximum absolute atomic E-state index is 11.0. The quantitative estimate of drug-likeness (QED) is 0.344. The highest BCUT2D eigenvalue weighted by Gasteiger charge is 2.22. The summed E-state index contributed by atoms with van der Waals surface area (Å²) in [5.41, 5.74) is 3.30. The van der Waals surface area contributed by atoms with Gasteiger partial charge in [0.05, 0.1) is 25.2 Å². The molecule has 1 aliphatic heterocycles. The first-order valence-corrected chi connectivity index (χ1v) is 8.72. The van der Waals surface area contributed by atoms with E-state index < -0.39 is 5.91 Å². The lowest BCUT2D eigenvalue weighted by Gasteiger charge is -2.17. The zero-order valence-electron chi connectivity index (χ0n) is 15.9. The Kier molecular flexibility index (Phi) is 10.4. The molecule has 10 heteroatoms. The number of anilines is 1. The molecule has 1 aromatic carbocycles. The number of benzene rings is 1. The van der Waals surface area contributed by atoms with Crippen LogP contribution in [0.15, 0.2) is 42.7 Å². The summed E-state index contributed by atoms with van der Waals surface area (Å²) in [6.45, 7) is 2.83. The predicted molar refractivity (Wildman–Crippen MR) is 116 cm³/mol. The van der Waals surface area contributed by atoms with Crippen LogP contribution in [0, 0.1) is 0 Å². The van der Waals surface area contributed by atoms with Gasteiger partial charge in [-0.05, 0) is 30.2 Å². The van der Waals surface area contributed by atoms with Gasteiger partial charge in [-0.25, -0.2) is 10.5 Å². The third-order valence-electron chi connectivity index (χ3n) is 4.35. The van der Waals surface area contributed by atoms with E-state index in [1.54, 1.807) is 19.5 Å². The highest BCUT2D eigenvalue weighted by atomic mass is 35.5. The van der Waals surface area contributed by atoms with E-state index >= 15 is 0 Å². The van der Waals surface area contributed by atoms with Crippen LogP contribution in [0.3, 0.4) is 0 Å². The van der Waals surface area contributed by atoms with Crippen molar-refractivity contribution in [2.24, 2.45) is 0 Å². The minimum Gasteiger partial charge on any atom is -0.497 e. The second kappa shape index (κ2) is 12.2. The van der Waals surface area contributed by atoms with Crippen LogP contribution in [0.4, 0.5) is 5.82 Å². The molecule has 2 heterocycles. The number of carbonyl (C=O) groups excluding carboxylic acids is 1. The number of likely N-dealkylation sites (tertiary alicyclic amines) is 1. The fourth-order valence-electron chi connectivity index (χ4n) is 3.03. The van der Waals surface area contributed by atoms with Crippen molar-refractivity contribution in [2.45, 2.75) is 19.0 Å². The number of methoxy groups -OCH3 is 1. The van der Waals surface area contributed by atoms with E-state index in [0.717, 1.165) is 31.8 Å². The van der Waals surface area contributed by atoms with Gasteiger partial charge in [-0.1, -0.05) is 12.1 Å². The van der Waals surface area contributed by atoms with Gasteiger partial charge in [0.15, 0.2) is 0 Å². The highest BCUT2D eigenvalue weighted by molar-refractivity contribution is 5.90. The van der Waals surface area contributed by atoms with Gasteiger partial charge in [0.2, 0.25) is 0 Å². The summed E-state index contributed by atoms with van der Waals surface area (Å²) in [5.74, 6) is 0.968. The molecule has 0 radical (unpaired) electrons. The summed E-state index contributed by atoms with van der Waals surface area (Å²) in [7, 11) is 1.68. The van der Waals surface area contributed by atoms with Crippen LogP contribution >= 0.6 is 24.8 Å². The molecule has 0 bridgehead atoms. The van der Waals surface area contributed by atoms with Gasteiger partial charge < -0.3 is 10.1 Å². The molecule has 8 nitrogen and oxygen atoms in total. The average Bonchev–Trinajstić information content (AvgIpc) is 3.14. The van der Waals surface area contributed by atoms with Crippen LogP contribution in [0.5, 0.6) is 5.75 Å².